The average Bonchev–Trinajstić information content (AvgIpc) is 2.15. The fourth-order valence-electron chi connectivity index (χ4n) is 1.64. The van der Waals surface area contributed by atoms with Gasteiger partial charge in [-0.25, -0.2) is 4.79 Å². The largest absolute Gasteiger partial charge is 0.444 e. The van der Waals surface area contributed by atoms with Crippen LogP contribution in [-0.4, -0.2) is 40.4 Å². The van der Waals surface area contributed by atoms with Crippen LogP contribution in [0.25, 0.3) is 0 Å². The summed E-state index contributed by atoms with van der Waals surface area (Å²) in [4.78, 5) is 13.2. The molecule has 0 bridgehead atoms. The minimum atomic E-state index is -1.20. The van der Waals surface area contributed by atoms with Gasteiger partial charge >= 0.3 is 6.09 Å². The third kappa shape index (κ3) is 3.42. The smallest absolute Gasteiger partial charge is 0.410 e. The number of amides is 1. The first-order valence-corrected chi connectivity index (χ1v) is 5.44. The van der Waals surface area contributed by atoms with Crippen molar-refractivity contribution in [1.29, 1.82) is 0 Å². The van der Waals surface area contributed by atoms with E-state index in [1.807, 2.05) is 20.8 Å². The zero-order valence-electron chi connectivity index (χ0n) is 10.1. The summed E-state index contributed by atoms with van der Waals surface area (Å²) < 4.78 is 5.22. The Morgan fingerprint density at radius 1 is 1.56 bits per heavy atom. The quantitative estimate of drug-likeness (QED) is 0.634. The fraction of sp³-hybridized carbons (Fsp3) is 0.750. The Kier molecular flexibility index (Phi) is 3.49. The maximum atomic E-state index is 11.7. The number of ether oxygens (including phenoxy) is 1. The summed E-state index contributed by atoms with van der Waals surface area (Å²) in [5, 5.41) is 9.91. The number of rotatable bonds is 0. The van der Waals surface area contributed by atoms with Crippen LogP contribution >= 0.6 is 0 Å². The van der Waals surface area contributed by atoms with Gasteiger partial charge in [0.2, 0.25) is 0 Å². The molecule has 16 heavy (non-hydrogen) atoms. The second-order valence-electron chi connectivity index (χ2n) is 5.18. The summed E-state index contributed by atoms with van der Waals surface area (Å²) in [7, 11) is 0. The van der Waals surface area contributed by atoms with Crippen molar-refractivity contribution in [3.8, 4) is 12.3 Å². The van der Waals surface area contributed by atoms with Crippen LogP contribution < -0.4 is 0 Å². The molecule has 0 saturated carbocycles. The minimum Gasteiger partial charge on any atom is -0.444 e. The van der Waals surface area contributed by atoms with E-state index < -0.39 is 17.3 Å². The standard InChI is InChI=1S/C12H19NO3/c1-5-12(15)7-6-8-13(9-12)10(14)16-11(2,3)4/h1,15H,6-9H2,2-4H3. The number of aliphatic hydroxyl groups is 1. The van der Waals surface area contributed by atoms with Crippen LogP contribution in [0.5, 0.6) is 0 Å². The maximum Gasteiger partial charge on any atom is 0.410 e. The van der Waals surface area contributed by atoms with Crippen LogP contribution in [0.1, 0.15) is 33.6 Å². The average molecular weight is 225 g/mol. The van der Waals surface area contributed by atoms with Crippen LogP contribution in [-0.2, 0) is 4.74 Å². The highest BCUT2D eigenvalue weighted by Crippen LogP contribution is 2.22. The second-order valence-corrected chi connectivity index (χ2v) is 5.18. The van der Waals surface area contributed by atoms with Gasteiger partial charge in [0.1, 0.15) is 11.2 Å². The fourth-order valence-corrected chi connectivity index (χ4v) is 1.64. The molecule has 1 rings (SSSR count). The molecule has 0 aliphatic carbocycles. The summed E-state index contributed by atoms with van der Waals surface area (Å²) in [5.41, 5.74) is -1.72. The monoisotopic (exact) mass is 225 g/mol. The highest BCUT2D eigenvalue weighted by molar-refractivity contribution is 5.68. The van der Waals surface area contributed by atoms with Crippen LogP contribution in [0.3, 0.4) is 0 Å². The number of piperidine rings is 1. The summed E-state index contributed by atoms with van der Waals surface area (Å²) >= 11 is 0. The third-order valence-corrected chi connectivity index (χ3v) is 2.39. The van der Waals surface area contributed by atoms with Crippen molar-refractivity contribution in [2.75, 3.05) is 13.1 Å². The molecular formula is C12H19NO3. The van der Waals surface area contributed by atoms with Crippen molar-refractivity contribution in [3.63, 3.8) is 0 Å². The topological polar surface area (TPSA) is 49.8 Å². The highest BCUT2D eigenvalue weighted by atomic mass is 16.6. The van der Waals surface area contributed by atoms with E-state index in [0.717, 1.165) is 0 Å². The van der Waals surface area contributed by atoms with Crippen molar-refractivity contribution < 1.29 is 14.6 Å². The van der Waals surface area contributed by atoms with E-state index in [-0.39, 0.29) is 6.54 Å². The number of β-amino-alcohol motifs (C(OH)–C–C–N with tert-alkyl or cyclic N) is 1. The molecule has 0 radical (unpaired) electrons. The first-order valence-electron chi connectivity index (χ1n) is 5.44. The number of hydrogen-bond acceptors (Lipinski definition) is 3. The van der Waals surface area contributed by atoms with Gasteiger partial charge in [-0.2, -0.15) is 0 Å². The van der Waals surface area contributed by atoms with Gasteiger partial charge < -0.3 is 14.7 Å². The minimum absolute atomic E-state index is 0.151. The highest BCUT2D eigenvalue weighted by Gasteiger charge is 2.35. The summed E-state index contributed by atoms with van der Waals surface area (Å²) in [5.74, 6) is 2.33. The van der Waals surface area contributed by atoms with Gasteiger partial charge in [0.25, 0.3) is 0 Å². The Balaban J connectivity index is 2.62. The summed E-state index contributed by atoms with van der Waals surface area (Å²) in [6.45, 7) is 6.16. The Hall–Kier alpha value is -1.21. The van der Waals surface area contributed by atoms with Crippen molar-refractivity contribution in [2.45, 2.75) is 44.8 Å². The van der Waals surface area contributed by atoms with Crippen molar-refractivity contribution in [2.24, 2.45) is 0 Å². The molecule has 4 nitrogen and oxygen atoms in total. The van der Waals surface area contributed by atoms with Crippen molar-refractivity contribution in [1.82, 2.24) is 4.90 Å². The van der Waals surface area contributed by atoms with E-state index >= 15 is 0 Å². The molecule has 1 fully saturated rings. The maximum absolute atomic E-state index is 11.7. The Bertz CT molecular complexity index is 313. The molecule has 1 aliphatic rings. The first-order chi connectivity index (χ1) is 7.26. The van der Waals surface area contributed by atoms with Gasteiger partial charge in [-0.05, 0) is 33.6 Å². The molecule has 1 N–H and O–H groups in total. The van der Waals surface area contributed by atoms with Gasteiger partial charge in [-0.3, -0.25) is 0 Å². The van der Waals surface area contributed by atoms with Crippen molar-refractivity contribution in [3.05, 3.63) is 0 Å². The predicted octanol–water partition coefficient (Wildman–Crippen LogP) is 1.38. The summed E-state index contributed by atoms with van der Waals surface area (Å²) in [6.07, 6.45) is 6.06. The van der Waals surface area contributed by atoms with Crippen LogP contribution in [0.4, 0.5) is 4.79 Å². The van der Waals surface area contributed by atoms with Gasteiger partial charge in [-0.15, -0.1) is 6.42 Å². The van der Waals surface area contributed by atoms with Gasteiger partial charge in [0.15, 0.2) is 0 Å². The number of hydrogen-bond donors (Lipinski definition) is 1. The molecule has 0 aromatic heterocycles. The molecule has 1 amide bonds. The van der Waals surface area contributed by atoms with Crippen LogP contribution in [0.2, 0.25) is 0 Å². The van der Waals surface area contributed by atoms with Crippen molar-refractivity contribution >= 4 is 6.09 Å². The van der Waals surface area contributed by atoms with E-state index in [9.17, 15) is 9.90 Å². The lowest BCUT2D eigenvalue weighted by atomic mass is 9.94. The molecule has 0 spiro atoms. The summed E-state index contributed by atoms with van der Waals surface area (Å²) in [6, 6.07) is 0. The first kappa shape index (κ1) is 12.9. The lowest BCUT2D eigenvalue weighted by molar-refractivity contribution is -0.0152. The number of likely N-dealkylation sites (tertiary alicyclic amines) is 1. The molecule has 1 unspecified atom stereocenters. The van der Waals surface area contributed by atoms with E-state index in [0.29, 0.717) is 19.4 Å². The SMILES string of the molecule is C#CC1(O)CCCN(C(=O)OC(C)(C)C)C1. The Labute approximate surface area is 96.6 Å². The molecule has 4 heteroatoms. The molecule has 0 aromatic carbocycles. The Morgan fingerprint density at radius 2 is 2.19 bits per heavy atom. The zero-order chi connectivity index (χ0) is 12.4. The molecular weight excluding hydrogens is 206 g/mol. The lowest BCUT2D eigenvalue weighted by Crippen LogP contribution is -2.50. The van der Waals surface area contributed by atoms with E-state index in [1.54, 1.807) is 0 Å². The number of terminal acetylenes is 1. The predicted molar refractivity (Wildman–Crippen MR) is 60.8 cm³/mol. The lowest BCUT2D eigenvalue weighted by Gasteiger charge is -2.36. The Morgan fingerprint density at radius 3 is 2.69 bits per heavy atom. The van der Waals surface area contributed by atoms with E-state index in [4.69, 9.17) is 11.2 Å². The van der Waals surface area contributed by atoms with Gasteiger partial charge in [-0.1, -0.05) is 5.92 Å². The number of carbonyl (C=O) groups is 1. The van der Waals surface area contributed by atoms with Gasteiger partial charge in [0, 0.05) is 6.54 Å². The third-order valence-electron chi connectivity index (χ3n) is 2.39. The van der Waals surface area contributed by atoms with Crippen LogP contribution in [0.15, 0.2) is 0 Å². The molecule has 1 aliphatic heterocycles. The number of nitrogens with zero attached hydrogens (tertiary/aromatic N) is 1. The molecule has 1 atom stereocenters. The van der Waals surface area contributed by atoms with Crippen LogP contribution in [0, 0.1) is 12.3 Å². The normalized spacial score (nSPS) is 26.1. The van der Waals surface area contributed by atoms with E-state index in [2.05, 4.69) is 5.92 Å². The zero-order valence-corrected chi connectivity index (χ0v) is 10.1. The molecule has 1 heterocycles. The number of carbonyl (C=O) groups excluding carboxylic acids is 1. The van der Waals surface area contributed by atoms with Gasteiger partial charge in [0.05, 0.1) is 6.54 Å². The molecule has 90 valence electrons. The molecule has 1 saturated heterocycles. The second kappa shape index (κ2) is 4.34. The van der Waals surface area contributed by atoms with E-state index in [1.165, 1.54) is 4.90 Å². The molecule has 0 aromatic rings.